The van der Waals surface area contributed by atoms with Crippen LogP contribution in [0.5, 0.6) is 11.5 Å². The van der Waals surface area contributed by atoms with E-state index in [-0.39, 0.29) is 24.1 Å². The van der Waals surface area contributed by atoms with E-state index in [4.69, 9.17) is 15.2 Å². The number of hydrogen-bond acceptors (Lipinski definition) is 7. The molecule has 3 aromatic carbocycles. The van der Waals surface area contributed by atoms with E-state index in [0.29, 0.717) is 29.1 Å². The van der Waals surface area contributed by atoms with E-state index in [1.807, 2.05) is 54.6 Å². The van der Waals surface area contributed by atoms with Gasteiger partial charge in [-0.1, -0.05) is 66.4 Å². The van der Waals surface area contributed by atoms with Crippen LogP contribution in [0.15, 0.2) is 78.9 Å². The van der Waals surface area contributed by atoms with E-state index in [9.17, 15) is 14.4 Å². The van der Waals surface area contributed by atoms with E-state index in [1.165, 1.54) is 6.92 Å². The normalized spacial score (nSPS) is 11.5. The van der Waals surface area contributed by atoms with Crippen LogP contribution in [0.3, 0.4) is 0 Å². The molecule has 34 heavy (non-hydrogen) atoms. The molecule has 0 radical (unpaired) electrons. The molecule has 0 spiro atoms. The molecular weight excluding hydrogens is 450 g/mol. The van der Waals surface area contributed by atoms with Crippen molar-refractivity contribution in [2.45, 2.75) is 20.0 Å². The van der Waals surface area contributed by atoms with Gasteiger partial charge in [0.25, 0.3) is 0 Å². The lowest BCUT2D eigenvalue weighted by molar-refractivity contribution is -0.143. The van der Waals surface area contributed by atoms with Crippen molar-refractivity contribution in [3.05, 3.63) is 95.6 Å². The predicted octanol–water partition coefficient (Wildman–Crippen LogP) is 4.80. The first-order chi connectivity index (χ1) is 16.5. The molecule has 3 rings (SSSR count). The summed E-state index contributed by atoms with van der Waals surface area (Å²) >= 11 is 1.13. The number of carbonyl (C=O) groups is 3. The third-order valence-electron chi connectivity index (χ3n) is 5.08. The minimum absolute atomic E-state index is 0.0317. The van der Waals surface area contributed by atoms with Gasteiger partial charge in [-0.3, -0.25) is 14.4 Å². The zero-order chi connectivity index (χ0) is 24.3. The first-order valence-corrected chi connectivity index (χ1v) is 11.9. The maximum Gasteiger partial charge on any atom is 0.320 e. The Kier molecular flexibility index (Phi) is 9.43. The van der Waals surface area contributed by atoms with E-state index < -0.39 is 11.9 Å². The number of rotatable bonds is 11. The summed E-state index contributed by atoms with van der Waals surface area (Å²) in [6.07, 6.45) is 0.460. The second kappa shape index (κ2) is 12.7. The molecule has 0 aliphatic carbocycles. The molecule has 0 aliphatic rings. The molecule has 0 aromatic heterocycles. The SMILES string of the molecule is CC(=O)SCC(Cc1ccc(Oc2ccccc2)cc1)C(=O)c1ccccc1COC(=O)CN. The molecule has 0 fully saturated rings. The van der Waals surface area contributed by atoms with Crippen LogP contribution in [-0.2, 0) is 27.4 Å². The second-order valence-electron chi connectivity index (χ2n) is 7.65. The summed E-state index contributed by atoms with van der Waals surface area (Å²) in [5.74, 6) is 0.728. The molecule has 3 aromatic rings. The van der Waals surface area contributed by atoms with Gasteiger partial charge in [-0.25, -0.2) is 0 Å². The van der Waals surface area contributed by atoms with Gasteiger partial charge in [-0.15, -0.1) is 0 Å². The molecule has 0 amide bonds. The maximum atomic E-state index is 13.5. The zero-order valence-electron chi connectivity index (χ0n) is 18.9. The molecule has 0 saturated carbocycles. The number of benzene rings is 3. The maximum absolute atomic E-state index is 13.5. The van der Waals surface area contributed by atoms with Gasteiger partial charge >= 0.3 is 5.97 Å². The number of hydrogen-bond donors (Lipinski definition) is 1. The molecule has 6 nitrogen and oxygen atoms in total. The van der Waals surface area contributed by atoms with Crippen LogP contribution in [-0.4, -0.2) is 29.2 Å². The van der Waals surface area contributed by atoms with Gasteiger partial charge in [0.15, 0.2) is 10.9 Å². The van der Waals surface area contributed by atoms with Crippen molar-refractivity contribution < 1.29 is 23.9 Å². The lowest BCUT2D eigenvalue weighted by Gasteiger charge is -2.18. The highest BCUT2D eigenvalue weighted by atomic mass is 32.2. The summed E-state index contributed by atoms with van der Waals surface area (Å²) in [7, 11) is 0. The summed E-state index contributed by atoms with van der Waals surface area (Å²) in [6.45, 7) is 1.23. The number of nitrogens with two attached hydrogens (primary N) is 1. The first-order valence-electron chi connectivity index (χ1n) is 10.9. The van der Waals surface area contributed by atoms with Crippen molar-refractivity contribution in [3.63, 3.8) is 0 Å². The van der Waals surface area contributed by atoms with Crippen molar-refractivity contribution in [3.8, 4) is 11.5 Å². The van der Waals surface area contributed by atoms with Crippen LogP contribution in [0.25, 0.3) is 0 Å². The Bertz CT molecular complexity index is 1120. The molecule has 0 aliphatic heterocycles. The number of thioether (sulfide) groups is 1. The fourth-order valence-corrected chi connectivity index (χ4v) is 4.08. The van der Waals surface area contributed by atoms with Gasteiger partial charge < -0.3 is 15.2 Å². The van der Waals surface area contributed by atoms with Crippen molar-refractivity contribution in [2.75, 3.05) is 12.3 Å². The standard InChI is InChI=1S/C27H27NO5S/c1-19(29)34-18-22(27(31)25-10-6-5-7-21(25)17-32-26(30)16-28)15-20-11-13-24(14-12-20)33-23-8-3-2-4-9-23/h2-14,22H,15-18,28H2,1H3. The fourth-order valence-electron chi connectivity index (χ4n) is 3.37. The van der Waals surface area contributed by atoms with Crippen molar-refractivity contribution in [1.82, 2.24) is 0 Å². The smallest absolute Gasteiger partial charge is 0.320 e. The van der Waals surface area contributed by atoms with Crippen molar-refractivity contribution >= 4 is 28.6 Å². The zero-order valence-corrected chi connectivity index (χ0v) is 19.8. The van der Waals surface area contributed by atoms with E-state index in [2.05, 4.69) is 0 Å². The molecule has 0 saturated heterocycles. The second-order valence-corrected chi connectivity index (χ2v) is 8.85. The predicted molar refractivity (Wildman–Crippen MR) is 133 cm³/mol. The monoisotopic (exact) mass is 477 g/mol. The lowest BCUT2D eigenvalue weighted by atomic mass is 9.90. The minimum atomic E-state index is -0.538. The van der Waals surface area contributed by atoms with Crippen molar-refractivity contribution in [2.24, 2.45) is 11.7 Å². The number of para-hydroxylation sites is 1. The Morgan fingerprint density at radius 2 is 1.53 bits per heavy atom. The summed E-state index contributed by atoms with van der Waals surface area (Å²) < 4.78 is 11.0. The Hall–Kier alpha value is -3.42. The third kappa shape index (κ3) is 7.57. The summed E-state index contributed by atoms with van der Waals surface area (Å²) in [5.41, 5.74) is 7.35. The Morgan fingerprint density at radius 1 is 0.882 bits per heavy atom. The van der Waals surface area contributed by atoms with Crippen LogP contribution in [0.2, 0.25) is 0 Å². The number of carbonyl (C=O) groups excluding carboxylic acids is 3. The quantitative estimate of drug-likeness (QED) is 0.313. The van der Waals surface area contributed by atoms with Gasteiger partial charge in [-0.2, -0.15) is 0 Å². The van der Waals surface area contributed by atoms with Gasteiger partial charge in [0.1, 0.15) is 18.1 Å². The van der Waals surface area contributed by atoms with Gasteiger partial charge in [0, 0.05) is 29.7 Å². The van der Waals surface area contributed by atoms with Gasteiger partial charge in [0.05, 0.1) is 6.54 Å². The molecule has 1 atom stereocenters. The molecule has 176 valence electrons. The van der Waals surface area contributed by atoms with Crippen molar-refractivity contribution in [1.29, 1.82) is 0 Å². The number of ether oxygens (including phenoxy) is 2. The first kappa shape index (κ1) is 25.2. The van der Waals surface area contributed by atoms with Crippen LogP contribution in [0.1, 0.15) is 28.4 Å². The Balaban J connectivity index is 1.76. The molecule has 0 heterocycles. The van der Waals surface area contributed by atoms with E-state index in [0.717, 1.165) is 23.1 Å². The average molecular weight is 478 g/mol. The summed E-state index contributed by atoms with van der Waals surface area (Å²) in [5, 5.41) is -0.0467. The Labute approximate surface area is 203 Å². The number of Topliss-reactive ketones (excluding diaryl/α,β-unsaturated/α-hetero) is 1. The largest absolute Gasteiger partial charge is 0.460 e. The fraction of sp³-hybridized carbons (Fsp3) is 0.222. The van der Waals surface area contributed by atoms with Gasteiger partial charge in [-0.05, 0) is 36.2 Å². The van der Waals surface area contributed by atoms with E-state index >= 15 is 0 Å². The lowest BCUT2D eigenvalue weighted by Crippen LogP contribution is -2.23. The molecule has 2 N–H and O–H groups in total. The summed E-state index contributed by atoms with van der Waals surface area (Å²) in [4.78, 5) is 36.6. The number of ketones is 1. The molecule has 0 bridgehead atoms. The minimum Gasteiger partial charge on any atom is -0.460 e. The highest BCUT2D eigenvalue weighted by Gasteiger charge is 2.24. The third-order valence-corrected chi connectivity index (χ3v) is 6.06. The highest BCUT2D eigenvalue weighted by molar-refractivity contribution is 8.13. The molecule has 1 unspecified atom stereocenters. The average Bonchev–Trinajstić information content (AvgIpc) is 2.86. The number of esters is 1. The summed E-state index contributed by atoms with van der Waals surface area (Å²) in [6, 6.07) is 24.1. The molecular formula is C27H27NO5S. The molecule has 7 heteroatoms. The van der Waals surface area contributed by atoms with Gasteiger partial charge in [0.2, 0.25) is 0 Å². The Morgan fingerprint density at radius 3 is 2.21 bits per heavy atom. The highest BCUT2D eigenvalue weighted by Crippen LogP contribution is 2.25. The topological polar surface area (TPSA) is 95.7 Å². The van der Waals surface area contributed by atoms with E-state index in [1.54, 1.807) is 24.3 Å². The van der Waals surface area contributed by atoms with Crippen LogP contribution in [0, 0.1) is 5.92 Å². The van der Waals surface area contributed by atoms with Crippen LogP contribution < -0.4 is 10.5 Å². The van der Waals surface area contributed by atoms with Crippen LogP contribution in [0.4, 0.5) is 0 Å². The van der Waals surface area contributed by atoms with Crippen LogP contribution >= 0.6 is 11.8 Å².